The Labute approximate surface area is 143 Å². The van der Waals surface area contributed by atoms with Crippen LogP contribution in [0, 0.1) is 14.9 Å². The monoisotopic (exact) mass is 412 g/mol. The van der Waals surface area contributed by atoms with Crippen LogP contribution in [0.5, 0.6) is 0 Å². The first-order valence-corrected chi connectivity index (χ1v) is 8.28. The topological polar surface area (TPSA) is 79.2 Å². The van der Waals surface area contributed by atoms with Crippen molar-refractivity contribution >= 4 is 34.5 Å². The molecule has 1 aromatic carbocycles. The molecule has 1 aliphatic rings. The highest BCUT2D eigenvalue weighted by atomic mass is 127. The molecule has 1 aliphatic carbocycles. The summed E-state index contributed by atoms with van der Waals surface area (Å²) in [6.07, 6.45) is 4.24. The number of amides is 1. The van der Waals surface area contributed by atoms with Crippen molar-refractivity contribution in [1.82, 2.24) is 5.32 Å². The van der Waals surface area contributed by atoms with Crippen molar-refractivity contribution in [2.45, 2.75) is 37.6 Å². The minimum absolute atomic E-state index is 0.368. The van der Waals surface area contributed by atoms with Crippen molar-refractivity contribution in [3.63, 3.8) is 0 Å². The normalized spacial score (nSPS) is 16.4. The molecule has 1 fully saturated rings. The van der Waals surface area contributed by atoms with Crippen molar-refractivity contribution < 1.29 is 14.3 Å². The minimum atomic E-state index is -0.803. The maximum absolute atomic E-state index is 12.0. The van der Waals surface area contributed by atoms with Gasteiger partial charge in [0.15, 0.2) is 6.61 Å². The van der Waals surface area contributed by atoms with E-state index in [9.17, 15) is 14.9 Å². The van der Waals surface area contributed by atoms with Crippen LogP contribution < -0.4 is 5.32 Å². The molecule has 6 heteroatoms. The molecule has 1 saturated carbocycles. The summed E-state index contributed by atoms with van der Waals surface area (Å²) >= 11 is 2.04. The molecule has 116 valence electrons. The van der Waals surface area contributed by atoms with E-state index >= 15 is 0 Å². The van der Waals surface area contributed by atoms with Gasteiger partial charge in [0.25, 0.3) is 5.91 Å². The molecule has 0 saturated heterocycles. The number of carbonyl (C=O) groups excluding carboxylic acids is 2. The van der Waals surface area contributed by atoms with Crippen molar-refractivity contribution in [2.24, 2.45) is 0 Å². The number of rotatable bonds is 4. The Hall–Kier alpha value is -1.62. The summed E-state index contributed by atoms with van der Waals surface area (Å²) in [5, 5.41) is 12.0. The second kappa shape index (κ2) is 7.58. The number of nitrogens with zero attached hydrogens (tertiary/aromatic N) is 1. The van der Waals surface area contributed by atoms with Crippen LogP contribution in [-0.4, -0.2) is 24.0 Å². The van der Waals surface area contributed by atoms with E-state index in [4.69, 9.17) is 4.74 Å². The number of hydrogen-bond donors (Lipinski definition) is 1. The van der Waals surface area contributed by atoms with Gasteiger partial charge in [0.1, 0.15) is 5.54 Å². The number of esters is 1. The minimum Gasteiger partial charge on any atom is -0.452 e. The van der Waals surface area contributed by atoms with Crippen LogP contribution in [0.15, 0.2) is 24.3 Å². The van der Waals surface area contributed by atoms with E-state index in [1.165, 1.54) is 0 Å². The fourth-order valence-electron chi connectivity index (χ4n) is 2.56. The van der Waals surface area contributed by atoms with Gasteiger partial charge in [0.05, 0.1) is 11.6 Å². The smallest absolute Gasteiger partial charge is 0.339 e. The lowest BCUT2D eigenvalue weighted by atomic mass is 9.83. The first-order valence-electron chi connectivity index (χ1n) is 7.20. The van der Waals surface area contributed by atoms with E-state index in [1.54, 1.807) is 18.2 Å². The zero-order valence-electron chi connectivity index (χ0n) is 12.1. The number of ether oxygens (including phenoxy) is 1. The van der Waals surface area contributed by atoms with E-state index in [2.05, 4.69) is 11.4 Å². The van der Waals surface area contributed by atoms with Crippen LogP contribution >= 0.6 is 22.6 Å². The highest BCUT2D eigenvalue weighted by Gasteiger charge is 2.33. The first-order chi connectivity index (χ1) is 10.6. The Morgan fingerprint density at radius 3 is 2.59 bits per heavy atom. The summed E-state index contributed by atoms with van der Waals surface area (Å²) in [5.74, 6) is -0.961. The lowest BCUT2D eigenvalue weighted by Crippen LogP contribution is -2.50. The summed E-state index contributed by atoms with van der Waals surface area (Å²) in [6, 6.07) is 9.22. The van der Waals surface area contributed by atoms with Crippen molar-refractivity contribution in [3.8, 4) is 6.07 Å². The molecule has 1 N–H and O–H groups in total. The molecule has 0 radical (unpaired) electrons. The predicted molar refractivity (Wildman–Crippen MR) is 89.0 cm³/mol. The zero-order valence-corrected chi connectivity index (χ0v) is 14.3. The quantitative estimate of drug-likeness (QED) is 0.610. The molecule has 0 aliphatic heterocycles. The van der Waals surface area contributed by atoms with Gasteiger partial charge < -0.3 is 10.1 Å². The van der Waals surface area contributed by atoms with Crippen LogP contribution in [-0.2, 0) is 9.53 Å². The third-order valence-electron chi connectivity index (χ3n) is 3.73. The Morgan fingerprint density at radius 2 is 1.95 bits per heavy atom. The van der Waals surface area contributed by atoms with Gasteiger partial charge in [0, 0.05) is 3.57 Å². The number of nitriles is 1. The van der Waals surface area contributed by atoms with Gasteiger partial charge >= 0.3 is 5.97 Å². The lowest BCUT2D eigenvalue weighted by molar-refractivity contribution is -0.125. The molecule has 0 atom stereocenters. The van der Waals surface area contributed by atoms with E-state index in [0.717, 1.165) is 22.8 Å². The lowest BCUT2D eigenvalue weighted by Gasteiger charge is -2.31. The predicted octanol–water partition coefficient (Wildman–Crippen LogP) is 2.79. The summed E-state index contributed by atoms with van der Waals surface area (Å²) in [6.45, 7) is -0.368. The van der Waals surface area contributed by atoms with Gasteiger partial charge in [-0.15, -0.1) is 0 Å². The Bertz CT molecular complexity index is 604. The number of carbonyl (C=O) groups is 2. The van der Waals surface area contributed by atoms with Gasteiger partial charge in [-0.1, -0.05) is 31.4 Å². The molecule has 1 aromatic rings. The average molecular weight is 412 g/mol. The molecular weight excluding hydrogens is 395 g/mol. The average Bonchev–Trinajstić information content (AvgIpc) is 2.54. The number of benzene rings is 1. The van der Waals surface area contributed by atoms with Crippen molar-refractivity contribution in [1.29, 1.82) is 5.26 Å². The number of nitrogens with one attached hydrogen (secondary N) is 1. The summed E-state index contributed by atoms with van der Waals surface area (Å²) in [5.41, 5.74) is -0.369. The molecule has 22 heavy (non-hydrogen) atoms. The molecule has 0 bridgehead atoms. The maximum Gasteiger partial charge on any atom is 0.339 e. The molecule has 0 spiro atoms. The second-order valence-electron chi connectivity index (χ2n) is 5.36. The van der Waals surface area contributed by atoms with Crippen molar-refractivity contribution in [2.75, 3.05) is 6.61 Å². The Balaban J connectivity index is 1.89. The zero-order chi connectivity index (χ0) is 16.0. The van der Waals surface area contributed by atoms with Gasteiger partial charge in [-0.3, -0.25) is 4.79 Å². The molecule has 0 unspecified atom stereocenters. The van der Waals surface area contributed by atoms with Crippen LogP contribution in [0.2, 0.25) is 0 Å². The Morgan fingerprint density at radius 1 is 1.27 bits per heavy atom. The maximum atomic E-state index is 12.0. The van der Waals surface area contributed by atoms with Crippen LogP contribution in [0.25, 0.3) is 0 Å². The van der Waals surface area contributed by atoms with E-state index in [-0.39, 0.29) is 6.61 Å². The fourth-order valence-corrected chi connectivity index (χ4v) is 3.17. The number of halogens is 1. The van der Waals surface area contributed by atoms with Gasteiger partial charge in [-0.25, -0.2) is 4.79 Å². The molecule has 5 nitrogen and oxygen atoms in total. The third kappa shape index (κ3) is 4.19. The summed E-state index contributed by atoms with van der Waals surface area (Å²) in [7, 11) is 0. The van der Waals surface area contributed by atoms with E-state index in [1.807, 2.05) is 28.7 Å². The third-order valence-corrected chi connectivity index (χ3v) is 4.67. The number of hydrogen-bond acceptors (Lipinski definition) is 4. The standard InChI is InChI=1S/C16H17IN2O3/c17-13-7-3-2-6-12(13)15(21)22-10-14(20)19-16(11-18)8-4-1-5-9-16/h2-3,6-7H,1,4-5,8-10H2,(H,19,20). The van der Waals surface area contributed by atoms with E-state index in [0.29, 0.717) is 18.4 Å². The molecule has 2 rings (SSSR count). The Kier molecular flexibility index (Phi) is 5.77. The van der Waals surface area contributed by atoms with Crippen LogP contribution in [0.1, 0.15) is 42.5 Å². The van der Waals surface area contributed by atoms with Gasteiger partial charge in [0.2, 0.25) is 0 Å². The highest BCUT2D eigenvalue weighted by Crippen LogP contribution is 2.27. The first kappa shape index (κ1) is 16.7. The summed E-state index contributed by atoms with van der Waals surface area (Å²) in [4.78, 5) is 23.9. The highest BCUT2D eigenvalue weighted by molar-refractivity contribution is 14.1. The second-order valence-corrected chi connectivity index (χ2v) is 6.52. The molecule has 1 amide bonds. The van der Waals surface area contributed by atoms with Crippen LogP contribution in [0.3, 0.4) is 0 Å². The van der Waals surface area contributed by atoms with Crippen molar-refractivity contribution in [3.05, 3.63) is 33.4 Å². The van der Waals surface area contributed by atoms with Crippen LogP contribution in [0.4, 0.5) is 0 Å². The summed E-state index contributed by atoms with van der Waals surface area (Å²) < 4.78 is 5.81. The van der Waals surface area contributed by atoms with Gasteiger partial charge in [-0.2, -0.15) is 5.26 Å². The van der Waals surface area contributed by atoms with E-state index < -0.39 is 17.4 Å². The fraction of sp³-hybridized carbons (Fsp3) is 0.438. The SMILES string of the molecule is N#CC1(NC(=O)COC(=O)c2ccccc2I)CCCCC1. The largest absolute Gasteiger partial charge is 0.452 e. The molecule has 0 aromatic heterocycles. The molecule has 0 heterocycles. The van der Waals surface area contributed by atoms with Gasteiger partial charge in [-0.05, 0) is 47.6 Å². The molecular formula is C16H17IN2O3.